The van der Waals surface area contributed by atoms with E-state index in [4.69, 9.17) is 13.8 Å². The molecule has 0 atom stereocenters. The second-order valence-electron chi connectivity index (χ2n) is 17.5. The SMILES string of the molecule is Oc1c(O)c(O)c(-c2nc(-c3ccc4c(ccc5ccccc54)c3)nc(-c3ccc4c(c3)oc3c(-n5c6ccccc6c6c(-c7ccc8c(c7)oc7ccccc78)cccc65)cccc34)n2)c(O)c1O. The molecule has 14 aromatic rings. The number of fused-ring (bicyclic) bond motifs is 12. The van der Waals surface area contributed by atoms with Crippen molar-refractivity contribution >= 4 is 87.2 Å². The minimum absolute atomic E-state index is 0.141. The van der Waals surface area contributed by atoms with Crippen LogP contribution < -0.4 is 0 Å². The number of phenols is 5. The Morgan fingerprint density at radius 2 is 0.900 bits per heavy atom. The molecule has 0 aliphatic rings. The predicted octanol–water partition coefficient (Wildman–Crippen LogP) is 14.3. The first kappa shape index (κ1) is 39.3. The van der Waals surface area contributed by atoms with E-state index in [-0.39, 0.29) is 17.5 Å². The molecule has 11 heteroatoms. The average molecular weight is 911 g/mol. The number of aromatic nitrogens is 4. The van der Waals surface area contributed by atoms with E-state index in [1.54, 1.807) is 0 Å². The summed E-state index contributed by atoms with van der Waals surface area (Å²) in [5.41, 5.74) is 8.47. The van der Waals surface area contributed by atoms with Crippen molar-refractivity contribution in [1.82, 2.24) is 19.5 Å². The van der Waals surface area contributed by atoms with E-state index >= 15 is 0 Å². The Hall–Kier alpha value is -9.87. The summed E-state index contributed by atoms with van der Waals surface area (Å²) in [5, 5.41) is 63.8. The van der Waals surface area contributed by atoms with Gasteiger partial charge in [0.15, 0.2) is 34.6 Å². The molecule has 14 rings (SSSR count). The number of para-hydroxylation sites is 3. The maximum absolute atomic E-state index is 11.1. The van der Waals surface area contributed by atoms with Gasteiger partial charge in [-0.3, -0.25) is 0 Å². The fraction of sp³-hybridized carbons (Fsp3) is 0. The van der Waals surface area contributed by atoms with Crippen molar-refractivity contribution in [2.24, 2.45) is 0 Å². The zero-order chi connectivity index (χ0) is 46.9. The Balaban J connectivity index is 0.940. The van der Waals surface area contributed by atoms with Crippen molar-refractivity contribution in [2.75, 3.05) is 0 Å². The number of hydrogen-bond donors (Lipinski definition) is 5. The molecular weight excluding hydrogens is 877 g/mol. The van der Waals surface area contributed by atoms with Crippen LogP contribution in [0.5, 0.6) is 28.7 Å². The molecule has 0 spiro atoms. The summed E-state index contributed by atoms with van der Waals surface area (Å²) in [7, 11) is 0. The molecule has 332 valence electrons. The number of rotatable bonds is 5. The van der Waals surface area contributed by atoms with Crippen molar-refractivity contribution in [3.05, 3.63) is 176 Å². The van der Waals surface area contributed by atoms with Gasteiger partial charge in [-0.1, -0.05) is 121 Å². The highest BCUT2D eigenvalue weighted by Crippen LogP contribution is 2.54. The van der Waals surface area contributed by atoms with E-state index in [0.717, 1.165) is 92.9 Å². The highest BCUT2D eigenvalue weighted by atomic mass is 16.4. The van der Waals surface area contributed by atoms with Gasteiger partial charge < -0.3 is 38.9 Å². The van der Waals surface area contributed by atoms with Crippen LogP contribution in [0.1, 0.15) is 0 Å². The Bertz CT molecular complexity index is 4540. The summed E-state index contributed by atoms with van der Waals surface area (Å²) in [4.78, 5) is 14.3. The molecule has 0 aliphatic heterocycles. The van der Waals surface area contributed by atoms with E-state index in [2.05, 4.69) is 93.4 Å². The van der Waals surface area contributed by atoms with Crippen LogP contribution in [0, 0.1) is 0 Å². The molecule has 0 radical (unpaired) electrons. The zero-order valence-corrected chi connectivity index (χ0v) is 36.6. The van der Waals surface area contributed by atoms with Crippen LogP contribution in [-0.4, -0.2) is 45.1 Å². The molecule has 0 saturated heterocycles. The van der Waals surface area contributed by atoms with E-state index in [9.17, 15) is 25.5 Å². The highest BCUT2D eigenvalue weighted by Gasteiger charge is 2.28. The quantitative estimate of drug-likeness (QED) is 0.0636. The van der Waals surface area contributed by atoms with Crippen LogP contribution in [0.4, 0.5) is 0 Å². The molecular formula is C59H34N4O7. The van der Waals surface area contributed by atoms with E-state index in [1.165, 1.54) is 0 Å². The Morgan fingerprint density at radius 1 is 0.357 bits per heavy atom. The third-order valence-corrected chi connectivity index (χ3v) is 13.6. The molecule has 4 aromatic heterocycles. The van der Waals surface area contributed by atoms with Gasteiger partial charge in [-0.05, 0) is 87.3 Å². The third kappa shape index (κ3) is 5.66. The van der Waals surface area contributed by atoms with Crippen molar-refractivity contribution in [3.8, 4) is 79.7 Å². The van der Waals surface area contributed by atoms with E-state index < -0.39 is 34.3 Å². The van der Waals surface area contributed by atoms with Crippen molar-refractivity contribution in [2.45, 2.75) is 0 Å². The standard InChI is InChI=1S/C59H34N4O7/c64-51-50(52(65)54(67)55(68)53(51)66)59-61-57(33-22-24-36-31(27-33)20-19-30-9-1-2-10-35(30)36)60-58(62-59)34-23-26-40-41-14-8-17-45(56(41)70-48(40)29-34)63-43-15-5-3-12-42(43)49-37(13-7-16-44(49)63)32-21-25-39-38-11-4-6-18-46(38)69-47(39)28-32/h1-29,64-68H. The number of benzene rings is 10. The molecule has 5 N–H and O–H groups in total. The lowest BCUT2D eigenvalue weighted by molar-refractivity contribution is 0.329. The normalized spacial score (nSPS) is 12.0. The molecule has 0 saturated carbocycles. The highest BCUT2D eigenvalue weighted by molar-refractivity contribution is 6.18. The van der Waals surface area contributed by atoms with Crippen molar-refractivity contribution < 1.29 is 34.4 Å². The van der Waals surface area contributed by atoms with Gasteiger partial charge in [0.25, 0.3) is 0 Å². The summed E-state index contributed by atoms with van der Waals surface area (Å²) in [5.74, 6) is -4.99. The lowest BCUT2D eigenvalue weighted by Gasteiger charge is -2.13. The van der Waals surface area contributed by atoms with Crippen LogP contribution >= 0.6 is 0 Å². The van der Waals surface area contributed by atoms with Crippen molar-refractivity contribution in [3.63, 3.8) is 0 Å². The third-order valence-electron chi connectivity index (χ3n) is 13.6. The molecule has 4 heterocycles. The zero-order valence-electron chi connectivity index (χ0n) is 36.6. The first-order chi connectivity index (χ1) is 34.3. The van der Waals surface area contributed by atoms with Crippen LogP contribution in [0.2, 0.25) is 0 Å². The van der Waals surface area contributed by atoms with Crippen LogP contribution in [0.25, 0.3) is 138 Å². The maximum Gasteiger partial charge on any atom is 0.208 e. The van der Waals surface area contributed by atoms with Crippen LogP contribution in [0.15, 0.2) is 185 Å². The molecule has 70 heavy (non-hydrogen) atoms. The van der Waals surface area contributed by atoms with Gasteiger partial charge in [-0.2, -0.15) is 0 Å². The smallest absolute Gasteiger partial charge is 0.208 e. The topological polar surface area (TPSA) is 171 Å². The van der Waals surface area contributed by atoms with Gasteiger partial charge >= 0.3 is 0 Å². The van der Waals surface area contributed by atoms with Crippen molar-refractivity contribution in [1.29, 1.82) is 0 Å². The molecule has 0 fully saturated rings. The van der Waals surface area contributed by atoms with E-state index in [0.29, 0.717) is 22.3 Å². The van der Waals surface area contributed by atoms with E-state index in [1.807, 2.05) is 97.1 Å². The van der Waals surface area contributed by atoms with Gasteiger partial charge in [0.2, 0.25) is 17.2 Å². The summed E-state index contributed by atoms with van der Waals surface area (Å²) in [6.45, 7) is 0. The number of furan rings is 2. The molecule has 0 amide bonds. The Morgan fingerprint density at radius 3 is 1.71 bits per heavy atom. The minimum atomic E-state index is -1.09. The predicted molar refractivity (Wildman–Crippen MR) is 274 cm³/mol. The lowest BCUT2D eigenvalue weighted by atomic mass is 9.98. The number of aromatic hydroxyl groups is 5. The molecule has 0 aliphatic carbocycles. The summed E-state index contributed by atoms with van der Waals surface area (Å²) < 4.78 is 15.5. The maximum atomic E-state index is 11.1. The Kier molecular flexibility index (Phi) is 8.18. The van der Waals surface area contributed by atoms with Crippen LogP contribution in [-0.2, 0) is 0 Å². The number of hydrogen-bond acceptors (Lipinski definition) is 10. The van der Waals surface area contributed by atoms with Gasteiger partial charge in [0, 0.05) is 43.4 Å². The fourth-order valence-electron chi connectivity index (χ4n) is 10.3. The summed E-state index contributed by atoms with van der Waals surface area (Å²) >= 11 is 0. The average Bonchev–Trinajstić information content (AvgIpc) is 4.08. The van der Waals surface area contributed by atoms with Gasteiger partial charge in [-0.25, -0.2) is 15.0 Å². The first-order valence-corrected chi connectivity index (χ1v) is 22.5. The van der Waals surface area contributed by atoms with Gasteiger partial charge in [-0.15, -0.1) is 0 Å². The number of nitrogens with zero attached hydrogens (tertiary/aromatic N) is 4. The first-order valence-electron chi connectivity index (χ1n) is 22.5. The van der Waals surface area contributed by atoms with Crippen LogP contribution in [0.3, 0.4) is 0 Å². The fourth-order valence-corrected chi connectivity index (χ4v) is 10.3. The molecule has 10 aromatic carbocycles. The second-order valence-corrected chi connectivity index (χ2v) is 17.5. The largest absolute Gasteiger partial charge is 0.504 e. The molecule has 0 unspecified atom stereocenters. The van der Waals surface area contributed by atoms with Gasteiger partial charge in [0.05, 0.1) is 16.7 Å². The van der Waals surface area contributed by atoms with Gasteiger partial charge in [0.1, 0.15) is 22.3 Å². The monoisotopic (exact) mass is 910 g/mol. The minimum Gasteiger partial charge on any atom is -0.504 e. The Labute approximate surface area is 395 Å². The second kappa shape index (κ2) is 14.6. The summed E-state index contributed by atoms with van der Waals surface area (Å²) in [6.07, 6.45) is 0. The number of phenolic OH excluding ortho intramolecular Hbond substituents is 5. The molecule has 11 nitrogen and oxygen atoms in total. The molecule has 0 bridgehead atoms. The lowest BCUT2D eigenvalue weighted by Crippen LogP contribution is -2.01. The summed E-state index contributed by atoms with van der Waals surface area (Å²) in [6, 6.07) is 59.0.